The first-order valence-corrected chi connectivity index (χ1v) is 13.5. The number of hydrogen-bond donors (Lipinski definition) is 5. The first kappa shape index (κ1) is 31.0. The van der Waals surface area contributed by atoms with Crippen molar-refractivity contribution >= 4 is 35.8 Å². The van der Waals surface area contributed by atoms with Crippen LogP contribution in [0.15, 0.2) is 60.7 Å². The highest BCUT2D eigenvalue weighted by molar-refractivity contribution is 5.95. The van der Waals surface area contributed by atoms with Gasteiger partial charge in [-0.2, -0.15) is 0 Å². The van der Waals surface area contributed by atoms with Crippen LogP contribution in [0.4, 0.5) is 0 Å². The molecule has 218 valence electrons. The van der Waals surface area contributed by atoms with Gasteiger partial charge >= 0.3 is 0 Å². The van der Waals surface area contributed by atoms with Gasteiger partial charge in [-0.15, -0.1) is 0 Å². The first-order valence-electron chi connectivity index (χ1n) is 13.5. The van der Waals surface area contributed by atoms with Crippen LogP contribution in [-0.4, -0.2) is 85.0 Å². The minimum atomic E-state index is -0.952. The van der Waals surface area contributed by atoms with Crippen molar-refractivity contribution in [2.24, 2.45) is 5.73 Å². The van der Waals surface area contributed by atoms with E-state index in [9.17, 15) is 28.8 Å². The zero-order valence-electron chi connectivity index (χ0n) is 22.7. The van der Waals surface area contributed by atoms with Crippen molar-refractivity contribution in [1.82, 2.24) is 26.2 Å². The Balaban J connectivity index is 1.62. The van der Waals surface area contributed by atoms with Gasteiger partial charge in [0.2, 0.25) is 29.5 Å². The normalized spacial score (nSPS) is 15.7. The largest absolute Gasteiger partial charge is 0.348 e. The number of carbonyl (C=O) groups is 6. The topological polar surface area (TPSA) is 180 Å². The fourth-order valence-corrected chi connectivity index (χ4v) is 4.63. The maximum Gasteiger partial charge on any atom is 0.243 e. The molecule has 0 aromatic heterocycles. The van der Waals surface area contributed by atoms with Crippen molar-refractivity contribution in [3.63, 3.8) is 0 Å². The van der Waals surface area contributed by atoms with Crippen molar-refractivity contribution < 1.29 is 28.8 Å². The van der Waals surface area contributed by atoms with Gasteiger partial charge in [-0.25, -0.2) is 0 Å². The van der Waals surface area contributed by atoms with Crippen LogP contribution < -0.4 is 27.0 Å². The van der Waals surface area contributed by atoms with E-state index >= 15 is 0 Å². The minimum Gasteiger partial charge on any atom is -0.348 e. The van der Waals surface area contributed by atoms with E-state index in [1.807, 2.05) is 60.7 Å². The fourth-order valence-electron chi connectivity index (χ4n) is 4.63. The van der Waals surface area contributed by atoms with Gasteiger partial charge in [0, 0.05) is 19.4 Å². The fraction of sp³-hybridized carbons (Fsp3) is 0.379. The lowest BCUT2D eigenvalue weighted by molar-refractivity contribution is -0.140. The quantitative estimate of drug-likeness (QED) is 0.179. The molecule has 2 aromatic rings. The lowest BCUT2D eigenvalue weighted by atomic mass is 10.0. The van der Waals surface area contributed by atoms with Gasteiger partial charge in [0.05, 0.1) is 19.6 Å². The Bertz CT molecular complexity index is 1210. The molecular formula is C29H36N6O6. The highest BCUT2D eigenvalue weighted by Crippen LogP contribution is 2.18. The summed E-state index contributed by atoms with van der Waals surface area (Å²) in [7, 11) is 0. The molecule has 41 heavy (non-hydrogen) atoms. The van der Waals surface area contributed by atoms with Crippen LogP contribution in [-0.2, 0) is 41.6 Å². The van der Waals surface area contributed by atoms with Crippen LogP contribution in [0.25, 0.3) is 0 Å². The number of likely N-dealkylation sites (tertiary alicyclic amines) is 1. The van der Waals surface area contributed by atoms with E-state index in [2.05, 4.69) is 21.3 Å². The third-order valence-electron chi connectivity index (χ3n) is 6.68. The molecule has 0 saturated carbocycles. The molecule has 12 nitrogen and oxygen atoms in total. The van der Waals surface area contributed by atoms with E-state index in [4.69, 9.17) is 5.73 Å². The molecule has 0 bridgehead atoms. The third kappa shape index (κ3) is 9.53. The van der Waals surface area contributed by atoms with Crippen LogP contribution in [0.5, 0.6) is 0 Å². The Kier molecular flexibility index (Phi) is 12.0. The van der Waals surface area contributed by atoms with E-state index in [1.165, 1.54) is 4.90 Å². The Morgan fingerprint density at radius 3 is 1.98 bits per heavy atom. The summed E-state index contributed by atoms with van der Waals surface area (Å²) in [4.78, 5) is 76.0. The Hall–Kier alpha value is -4.58. The van der Waals surface area contributed by atoms with E-state index in [1.54, 1.807) is 0 Å². The Morgan fingerprint density at radius 1 is 0.854 bits per heavy atom. The molecule has 6 N–H and O–H groups in total. The lowest BCUT2D eigenvalue weighted by Crippen LogP contribution is -2.55. The number of amides is 5. The molecule has 5 amide bonds. The maximum atomic E-state index is 13.2. The Morgan fingerprint density at radius 2 is 1.41 bits per heavy atom. The molecule has 1 aliphatic rings. The molecule has 1 saturated heterocycles. The lowest BCUT2D eigenvalue weighted by Gasteiger charge is -2.27. The van der Waals surface area contributed by atoms with Crippen molar-refractivity contribution in [2.75, 3.05) is 26.2 Å². The summed E-state index contributed by atoms with van der Waals surface area (Å²) in [5, 5.41) is 10.4. The SMILES string of the molecule is NCC(=O)N[C@@H](Cc1ccccc1)C(=O)NCC(=O)N1CCC[C@H]1C(=O)N[C@@H](Cc1ccccc1)C(=O)NCC=O. The average molecular weight is 565 g/mol. The number of nitrogens with two attached hydrogens (primary N) is 1. The van der Waals surface area contributed by atoms with Crippen molar-refractivity contribution in [3.05, 3.63) is 71.8 Å². The predicted octanol–water partition coefficient (Wildman–Crippen LogP) is -1.18. The molecule has 0 radical (unpaired) electrons. The number of carbonyl (C=O) groups excluding carboxylic acids is 6. The number of aldehydes is 1. The van der Waals surface area contributed by atoms with Crippen LogP contribution >= 0.6 is 0 Å². The molecule has 0 aliphatic carbocycles. The molecule has 12 heteroatoms. The summed E-state index contributed by atoms with van der Waals surface area (Å²) >= 11 is 0. The van der Waals surface area contributed by atoms with Gasteiger partial charge in [-0.05, 0) is 24.0 Å². The molecule has 0 spiro atoms. The second kappa shape index (κ2) is 15.9. The maximum absolute atomic E-state index is 13.2. The van der Waals surface area contributed by atoms with Gasteiger partial charge in [0.1, 0.15) is 24.4 Å². The third-order valence-corrected chi connectivity index (χ3v) is 6.68. The van der Waals surface area contributed by atoms with Gasteiger partial charge < -0.3 is 36.7 Å². The molecule has 3 rings (SSSR count). The minimum absolute atomic E-state index is 0.190. The molecular weight excluding hydrogens is 528 g/mol. The van der Waals surface area contributed by atoms with Gasteiger partial charge in [0.15, 0.2) is 0 Å². The van der Waals surface area contributed by atoms with Gasteiger partial charge in [-0.1, -0.05) is 60.7 Å². The zero-order valence-corrected chi connectivity index (χ0v) is 22.7. The van der Waals surface area contributed by atoms with E-state index in [-0.39, 0.29) is 32.5 Å². The van der Waals surface area contributed by atoms with Crippen LogP contribution in [0, 0.1) is 0 Å². The van der Waals surface area contributed by atoms with Crippen molar-refractivity contribution in [3.8, 4) is 0 Å². The van der Waals surface area contributed by atoms with Gasteiger partial charge in [0.25, 0.3) is 0 Å². The summed E-state index contributed by atoms with van der Waals surface area (Å²) in [6.45, 7) is -0.546. The average Bonchev–Trinajstić information content (AvgIpc) is 3.49. The van der Waals surface area contributed by atoms with E-state index < -0.39 is 47.7 Å². The highest BCUT2D eigenvalue weighted by Gasteiger charge is 2.36. The molecule has 1 fully saturated rings. The first-order chi connectivity index (χ1) is 19.8. The number of rotatable bonds is 14. The van der Waals surface area contributed by atoms with E-state index in [0.717, 1.165) is 11.1 Å². The molecule has 0 unspecified atom stereocenters. The summed E-state index contributed by atoms with van der Waals surface area (Å²) in [5.41, 5.74) is 7.03. The predicted molar refractivity (Wildman–Crippen MR) is 150 cm³/mol. The second-order valence-electron chi connectivity index (χ2n) is 9.64. The monoisotopic (exact) mass is 564 g/mol. The summed E-state index contributed by atoms with van der Waals surface area (Å²) < 4.78 is 0. The number of hydrogen-bond acceptors (Lipinski definition) is 7. The zero-order chi connectivity index (χ0) is 29.6. The smallest absolute Gasteiger partial charge is 0.243 e. The molecule has 3 atom stereocenters. The summed E-state index contributed by atoms with van der Waals surface area (Å²) in [6.07, 6.45) is 1.92. The van der Waals surface area contributed by atoms with Crippen molar-refractivity contribution in [2.45, 2.75) is 43.8 Å². The molecule has 1 heterocycles. The summed E-state index contributed by atoms with van der Waals surface area (Å²) in [6, 6.07) is 15.5. The number of nitrogens with one attached hydrogen (secondary N) is 4. The second-order valence-corrected chi connectivity index (χ2v) is 9.64. The molecule has 1 aliphatic heterocycles. The number of benzene rings is 2. The molecule has 2 aromatic carbocycles. The van der Waals surface area contributed by atoms with Crippen LogP contribution in [0.3, 0.4) is 0 Å². The van der Waals surface area contributed by atoms with Crippen LogP contribution in [0.1, 0.15) is 24.0 Å². The summed E-state index contributed by atoms with van der Waals surface area (Å²) in [5.74, 6) is -2.54. The van der Waals surface area contributed by atoms with E-state index in [0.29, 0.717) is 25.7 Å². The highest BCUT2D eigenvalue weighted by atomic mass is 16.2. The number of nitrogens with zero attached hydrogens (tertiary/aromatic N) is 1. The van der Waals surface area contributed by atoms with Crippen molar-refractivity contribution in [1.29, 1.82) is 0 Å². The van der Waals surface area contributed by atoms with Gasteiger partial charge in [-0.3, -0.25) is 24.0 Å². The van der Waals surface area contributed by atoms with Crippen LogP contribution in [0.2, 0.25) is 0 Å². The Labute approximate surface area is 238 Å². The standard InChI is InChI=1S/C29H36N6O6/c30-18-25(37)33-22(16-20-8-3-1-4-9-20)28(40)32-19-26(38)35-14-7-12-24(35)29(41)34-23(27(39)31-13-15-36)17-21-10-5-2-6-11-21/h1-6,8-11,15,22-24H,7,12-14,16-19,30H2,(H,31,39)(H,32,40)(H,33,37)(H,34,41)/t22-,23-,24-/m0/s1.